The number of allylic oxidation sites excluding steroid dienone is 2. The van der Waals surface area contributed by atoms with Crippen LogP contribution in [0.15, 0.2) is 36.4 Å². The second kappa shape index (κ2) is 6.12. The molecule has 0 bridgehead atoms. The van der Waals surface area contributed by atoms with Crippen molar-refractivity contribution in [2.45, 2.75) is 32.2 Å². The van der Waals surface area contributed by atoms with E-state index in [0.29, 0.717) is 5.92 Å². The lowest BCUT2D eigenvalue weighted by molar-refractivity contribution is 0.190. The highest BCUT2D eigenvalue weighted by Crippen LogP contribution is 2.19. The van der Waals surface area contributed by atoms with Gasteiger partial charge in [0.15, 0.2) is 0 Å². The van der Waals surface area contributed by atoms with Gasteiger partial charge in [0, 0.05) is 19.6 Å². The van der Waals surface area contributed by atoms with Gasteiger partial charge in [-0.05, 0) is 42.7 Å². The van der Waals surface area contributed by atoms with Crippen LogP contribution in [0.1, 0.15) is 30.4 Å². The maximum atomic E-state index is 12.2. The summed E-state index contributed by atoms with van der Waals surface area (Å²) in [6, 6.07) is 8.51. The van der Waals surface area contributed by atoms with Crippen LogP contribution in [0.25, 0.3) is 0 Å². The van der Waals surface area contributed by atoms with E-state index in [-0.39, 0.29) is 6.03 Å². The van der Waals surface area contributed by atoms with Crippen molar-refractivity contribution in [3.8, 4) is 0 Å². The monoisotopic (exact) mass is 270 g/mol. The number of amides is 2. The zero-order valence-electron chi connectivity index (χ0n) is 11.8. The molecule has 2 aliphatic rings. The molecule has 1 aromatic rings. The Hall–Kier alpha value is -1.77. The summed E-state index contributed by atoms with van der Waals surface area (Å²) < 4.78 is 0. The van der Waals surface area contributed by atoms with Gasteiger partial charge in [-0.15, -0.1) is 0 Å². The molecule has 1 aliphatic carbocycles. The smallest absolute Gasteiger partial charge is 0.317 e. The summed E-state index contributed by atoms with van der Waals surface area (Å²) in [7, 11) is 0. The third kappa shape index (κ3) is 3.03. The lowest BCUT2D eigenvalue weighted by atomic mass is 9.94. The lowest BCUT2D eigenvalue weighted by Gasteiger charge is -2.29. The molecular formula is C17H22N2O. The molecule has 0 spiro atoms. The minimum Gasteiger partial charge on any atom is -0.338 e. The van der Waals surface area contributed by atoms with Gasteiger partial charge in [-0.1, -0.05) is 36.4 Å². The number of rotatable bonds is 2. The predicted octanol–water partition coefficient (Wildman–Crippen LogP) is 3.11. The number of fused-ring (bicyclic) bond motifs is 1. The molecule has 1 atom stereocenters. The van der Waals surface area contributed by atoms with Gasteiger partial charge < -0.3 is 10.2 Å². The molecule has 1 N–H and O–H groups in total. The fourth-order valence-corrected chi connectivity index (χ4v) is 3.05. The summed E-state index contributed by atoms with van der Waals surface area (Å²) >= 11 is 0. The normalized spacial score (nSPS) is 21.4. The average Bonchev–Trinajstić information content (AvgIpc) is 2.53. The molecule has 2 amide bonds. The van der Waals surface area contributed by atoms with Crippen molar-refractivity contribution in [3.05, 3.63) is 47.5 Å². The summed E-state index contributed by atoms with van der Waals surface area (Å²) in [4.78, 5) is 14.2. The highest BCUT2D eigenvalue weighted by atomic mass is 16.2. The van der Waals surface area contributed by atoms with Gasteiger partial charge >= 0.3 is 6.03 Å². The van der Waals surface area contributed by atoms with Crippen molar-refractivity contribution in [3.63, 3.8) is 0 Å². The van der Waals surface area contributed by atoms with Gasteiger partial charge in [-0.25, -0.2) is 4.79 Å². The Balaban J connectivity index is 1.52. The molecule has 1 unspecified atom stereocenters. The topological polar surface area (TPSA) is 32.3 Å². The van der Waals surface area contributed by atoms with Crippen molar-refractivity contribution < 1.29 is 4.79 Å². The zero-order valence-corrected chi connectivity index (χ0v) is 11.8. The molecular weight excluding hydrogens is 248 g/mol. The molecule has 1 aromatic carbocycles. The average molecular weight is 270 g/mol. The first-order valence-corrected chi connectivity index (χ1v) is 7.57. The van der Waals surface area contributed by atoms with Gasteiger partial charge in [0.2, 0.25) is 0 Å². The Labute approximate surface area is 120 Å². The van der Waals surface area contributed by atoms with Crippen LogP contribution < -0.4 is 5.32 Å². The van der Waals surface area contributed by atoms with Crippen LogP contribution in [0.4, 0.5) is 4.79 Å². The summed E-state index contributed by atoms with van der Waals surface area (Å²) in [5, 5.41) is 3.11. The summed E-state index contributed by atoms with van der Waals surface area (Å²) in [6.07, 6.45) is 8.88. The molecule has 0 fully saturated rings. The van der Waals surface area contributed by atoms with Crippen molar-refractivity contribution >= 4 is 6.03 Å². The van der Waals surface area contributed by atoms with Gasteiger partial charge in [0.1, 0.15) is 0 Å². The van der Waals surface area contributed by atoms with E-state index in [1.807, 2.05) is 4.90 Å². The third-order valence-corrected chi connectivity index (χ3v) is 4.34. The fraction of sp³-hybridized carbons (Fsp3) is 0.471. The van der Waals surface area contributed by atoms with E-state index in [1.165, 1.54) is 17.5 Å². The van der Waals surface area contributed by atoms with E-state index in [9.17, 15) is 4.79 Å². The quantitative estimate of drug-likeness (QED) is 0.823. The van der Waals surface area contributed by atoms with Crippen LogP contribution in [0.5, 0.6) is 0 Å². The molecule has 0 saturated carbocycles. The summed E-state index contributed by atoms with van der Waals surface area (Å²) in [6.45, 7) is 2.38. The maximum Gasteiger partial charge on any atom is 0.317 e. The summed E-state index contributed by atoms with van der Waals surface area (Å²) in [5.41, 5.74) is 2.67. The number of carbonyl (C=O) groups excluding carboxylic acids is 1. The first kappa shape index (κ1) is 13.2. The van der Waals surface area contributed by atoms with Crippen molar-refractivity contribution in [1.29, 1.82) is 0 Å². The largest absolute Gasteiger partial charge is 0.338 e. The molecule has 3 rings (SSSR count). The SMILES string of the molecule is O=C(NCC1CC=CCC1)N1CCc2ccccc2C1. The van der Waals surface area contributed by atoms with Gasteiger partial charge in [-0.3, -0.25) is 0 Å². The van der Waals surface area contributed by atoms with E-state index in [1.54, 1.807) is 0 Å². The van der Waals surface area contributed by atoms with Gasteiger partial charge in [0.05, 0.1) is 0 Å². The number of urea groups is 1. The third-order valence-electron chi connectivity index (χ3n) is 4.34. The van der Waals surface area contributed by atoms with Crippen molar-refractivity contribution in [2.75, 3.05) is 13.1 Å². The molecule has 1 heterocycles. The number of nitrogens with one attached hydrogen (secondary N) is 1. The van der Waals surface area contributed by atoms with E-state index in [2.05, 4.69) is 41.7 Å². The Bertz CT molecular complexity index is 509. The standard InChI is InChI=1S/C17H22N2O/c20-17(18-12-14-6-2-1-3-7-14)19-11-10-15-8-4-5-9-16(15)13-19/h1-2,4-5,8-9,14H,3,6-7,10-13H2,(H,18,20). The fourth-order valence-electron chi connectivity index (χ4n) is 3.05. The Morgan fingerprint density at radius 1 is 1.25 bits per heavy atom. The highest BCUT2D eigenvalue weighted by molar-refractivity contribution is 5.74. The number of nitrogens with zero attached hydrogens (tertiary/aromatic N) is 1. The Morgan fingerprint density at radius 2 is 2.10 bits per heavy atom. The Kier molecular flexibility index (Phi) is 4.05. The highest BCUT2D eigenvalue weighted by Gasteiger charge is 2.20. The molecule has 1 aliphatic heterocycles. The summed E-state index contributed by atoms with van der Waals surface area (Å²) in [5.74, 6) is 0.612. The van der Waals surface area contributed by atoms with Crippen LogP contribution in [-0.4, -0.2) is 24.0 Å². The first-order valence-electron chi connectivity index (χ1n) is 7.57. The minimum absolute atomic E-state index is 0.0917. The molecule has 3 heteroatoms. The van der Waals surface area contributed by atoms with Gasteiger partial charge in [0.25, 0.3) is 0 Å². The predicted molar refractivity (Wildman–Crippen MR) is 80.4 cm³/mol. The van der Waals surface area contributed by atoms with E-state index >= 15 is 0 Å². The van der Waals surface area contributed by atoms with Crippen molar-refractivity contribution in [1.82, 2.24) is 10.2 Å². The zero-order chi connectivity index (χ0) is 13.8. The van der Waals surface area contributed by atoms with Gasteiger partial charge in [-0.2, -0.15) is 0 Å². The number of hydrogen-bond acceptors (Lipinski definition) is 1. The first-order chi connectivity index (χ1) is 9.83. The number of benzene rings is 1. The van der Waals surface area contributed by atoms with Crippen LogP contribution in [0.3, 0.4) is 0 Å². The van der Waals surface area contributed by atoms with Crippen LogP contribution in [-0.2, 0) is 13.0 Å². The second-order valence-corrected chi connectivity index (χ2v) is 5.78. The van der Waals surface area contributed by atoms with Crippen LogP contribution in [0.2, 0.25) is 0 Å². The van der Waals surface area contributed by atoms with Crippen LogP contribution >= 0.6 is 0 Å². The van der Waals surface area contributed by atoms with E-state index in [4.69, 9.17) is 0 Å². The Morgan fingerprint density at radius 3 is 2.90 bits per heavy atom. The van der Waals surface area contributed by atoms with Crippen molar-refractivity contribution in [2.24, 2.45) is 5.92 Å². The number of carbonyl (C=O) groups is 1. The second-order valence-electron chi connectivity index (χ2n) is 5.78. The molecule has 20 heavy (non-hydrogen) atoms. The minimum atomic E-state index is 0.0917. The number of hydrogen-bond donors (Lipinski definition) is 1. The lowest BCUT2D eigenvalue weighted by Crippen LogP contribution is -2.44. The molecule has 106 valence electrons. The van der Waals surface area contributed by atoms with E-state index < -0.39 is 0 Å². The van der Waals surface area contributed by atoms with Crippen LogP contribution in [0, 0.1) is 5.92 Å². The molecule has 0 saturated heterocycles. The maximum absolute atomic E-state index is 12.2. The molecule has 0 radical (unpaired) electrons. The van der Waals surface area contributed by atoms with E-state index in [0.717, 1.165) is 38.9 Å². The molecule has 3 nitrogen and oxygen atoms in total. The molecule has 0 aromatic heterocycles.